The Morgan fingerprint density at radius 1 is 1.03 bits per heavy atom. The van der Waals surface area contributed by atoms with E-state index in [1.54, 1.807) is 37.4 Å². The molecule has 0 unspecified atom stereocenters. The lowest BCUT2D eigenvalue weighted by Crippen LogP contribution is -2.38. The fourth-order valence-electron chi connectivity index (χ4n) is 3.29. The summed E-state index contributed by atoms with van der Waals surface area (Å²) < 4.78 is 5.84. The highest BCUT2D eigenvalue weighted by Gasteiger charge is 2.45. The third-order valence-electron chi connectivity index (χ3n) is 5.14. The molecule has 2 aromatic carbocycles. The second-order valence-corrected chi connectivity index (χ2v) is 8.13. The van der Waals surface area contributed by atoms with Crippen molar-refractivity contribution in [1.82, 2.24) is 15.6 Å². The molecule has 0 aliphatic heterocycles. The van der Waals surface area contributed by atoms with Crippen molar-refractivity contribution in [3.05, 3.63) is 82.1 Å². The summed E-state index contributed by atoms with van der Waals surface area (Å²) in [6.07, 6.45) is 3.16. The maximum atomic E-state index is 12.5. The second-order valence-electron chi connectivity index (χ2n) is 7.34. The number of hydrogen-bond donors (Lipinski definition) is 3. The first-order chi connectivity index (χ1) is 15.4. The Morgan fingerprint density at radius 3 is 2.47 bits per heavy atom. The van der Waals surface area contributed by atoms with Crippen LogP contribution < -0.4 is 20.7 Å². The van der Waals surface area contributed by atoms with Crippen LogP contribution in [0.4, 0.5) is 10.5 Å². The van der Waals surface area contributed by atoms with Gasteiger partial charge in [0.2, 0.25) is 0 Å². The smallest absolute Gasteiger partial charge is 0.319 e. The number of anilines is 1. The lowest BCUT2D eigenvalue weighted by Gasteiger charge is -2.19. The Kier molecular flexibility index (Phi) is 6.21. The fourth-order valence-corrected chi connectivity index (χ4v) is 3.63. The molecule has 1 saturated carbocycles. The number of benzene rings is 2. The van der Waals surface area contributed by atoms with Gasteiger partial charge in [0.1, 0.15) is 17.2 Å². The van der Waals surface area contributed by atoms with E-state index in [1.807, 2.05) is 24.3 Å². The highest BCUT2D eigenvalue weighted by atomic mass is 35.5. The Morgan fingerprint density at radius 2 is 1.78 bits per heavy atom. The van der Waals surface area contributed by atoms with Crippen LogP contribution in [0.3, 0.4) is 0 Å². The molecule has 0 atom stereocenters. The molecule has 0 saturated heterocycles. The number of nitrogens with zero attached hydrogens (tertiary/aromatic N) is 1. The molecule has 1 aliphatic rings. The van der Waals surface area contributed by atoms with Crippen LogP contribution in [0.1, 0.15) is 28.9 Å². The summed E-state index contributed by atoms with van der Waals surface area (Å²) in [5.41, 5.74) is 1.26. The number of carbonyl (C=O) groups is 2. The lowest BCUT2D eigenvalue weighted by atomic mass is 10.1. The van der Waals surface area contributed by atoms with Crippen LogP contribution in [0, 0.1) is 0 Å². The van der Waals surface area contributed by atoms with Gasteiger partial charge in [-0.05, 0) is 48.7 Å². The molecule has 32 heavy (non-hydrogen) atoms. The monoisotopic (exact) mass is 470 g/mol. The van der Waals surface area contributed by atoms with Gasteiger partial charge in [-0.15, -0.1) is 0 Å². The molecule has 7 nitrogen and oxygen atoms in total. The molecule has 4 rings (SSSR count). The van der Waals surface area contributed by atoms with Gasteiger partial charge in [0.05, 0.1) is 21.3 Å². The van der Waals surface area contributed by atoms with Crippen molar-refractivity contribution < 1.29 is 14.3 Å². The summed E-state index contributed by atoms with van der Waals surface area (Å²) in [5.74, 6) is 0.821. The van der Waals surface area contributed by atoms with E-state index < -0.39 is 5.54 Å². The third-order valence-corrected chi connectivity index (χ3v) is 5.96. The highest BCUT2D eigenvalue weighted by molar-refractivity contribution is 6.43. The molecule has 1 heterocycles. The number of carbonyl (C=O) groups excluding carboxylic acids is 2. The molecule has 9 heteroatoms. The molecule has 1 fully saturated rings. The largest absolute Gasteiger partial charge is 0.457 e. The standard InChI is InChI=1S/C23H20Cl2N4O3/c1-26-21(30)19-13-16(9-12-27-19)32-15-7-5-14(6-8-15)23(10-11-23)29-22(31)28-18-4-2-3-17(24)20(18)25/h2-9,12-13H,10-11H2,1H3,(H,26,30)(H2,28,29,31). The van der Waals surface area contributed by atoms with Crippen molar-refractivity contribution in [2.24, 2.45) is 0 Å². The van der Waals surface area contributed by atoms with E-state index in [1.165, 1.54) is 6.20 Å². The van der Waals surface area contributed by atoms with Gasteiger partial charge in [-0.25, -0.2) is 4.79 Å². The second kappa shape index (κ2) is 9.06. The SMILES string of the molecule is CNC(=O)c1cc(Oc2ccc(C3(NC(=O)Nc4cccc(Cl)c4Cl)CC3)cc2)ccn1. The third kappa shape index (κ3) is 4.79. The molecule has 1 aromatic heterocycles. The topological polar surface area (TPSA) is 92.4 Å². The minimum atomic E-state index is -0.434. The number of halogens is 2. The summed E-state index contributed by atoms with van der Waals surface area (Å²) in [6, 6.07) is 15.4. The fraction of sp³-hybridized carbons (Fsp3) is 0.174. The zero-order valence-electron chi connectivity index (χ0n) is 17.1. The van der Waals surface area contributed by atoms with Gasteiger partial charge >= 0.3 is 6.03 Å². The van der Waals surface area contributed by atoms with Gasteiger partial charge in [0.25, 0.3) is 5.91 Å². The Hall–Kier alpha value is -3.29. The van der Waals surface area contributed by atoms with Crippen LogP contribution in [0.15, 0.2) is 60.8 Å². The van der Waals surface area contributed by atoms with Crippen LogP contribution in [-0.4, -0.2) is 24.0 Å². The Balaban J connectivity index is 1.42. The van der Waals surface area contributed by atoms with Crippen molar-refractivity contribution in [2.75, 3.05) is 12.4 Å². The van der Waals surface area contributed by atoms with E-state index in [-0.39, 0.29) is 17.6 Å². The minimum absolute atomic E-state index is 0.272. The molecule has 3 amide bonds. The average Bonchev–Trinajstić information content (AvgIpc) is 3.57. The Labute approximate surface area is 195 Å². The van der Waals surface area contributed by atoms with Crippen molar-refractivity contribution in [3.63, 3.8) is 0 Å². The van der Waals surface area contributed by atoms with E-state index >= 15 is 0 Å². The van der Waals surface area contributed by atoms with Crippen molar-refractivity contribution in [1.29, 1.82) is 0 Å². The van der Waals surface area contributed by atoms with Gasteiger partial charge < -0.3 is 20.7 Å². The van der Waals surface area contributed by atoms with Crippen LogP contribution in [0.25, 0.3) is 0 Å². The van der Waals surface area contributed by atoms with Gasteiger partial charge in [0.15, 0.2) is 0 Å². The number of aromatic nitrogens is 1. The summed E-state index contributed by atoms with van der Waals surface area (Å²) in [4.78, 5) is 28.3. The molecule has 164 valence electrons. The van der Waals surface area contributed by atoms with Crippen molar-refractivity contribution >= 4 is 40.8 Å². The summed E-state index contributed by atoms with van der Waals surface area (Å²) in [6.45, 7) is 0. The maximum absolute atomic E-state index is 12.5. The van der Waals surface area contributed by atoms with Crippen LogP contribution in [0.2, 0.25) is 10.0 Å². The van der Waals surface area contributed by atoms with E-state index in [2.05, 4.69) is 20.9 Å². The van der Waals surface area contributed by atoms with Gasteiger partial charge in [-0.2, -0.15) is 0 Å². The molecule has 1 aliphatic carbocycles. The van der Waals surface area contributed by atoms with Crippen molar-refractivity contribution in [3.8, 4) is 11.5 Å². The first-order valence-corrected chi connectivity index (χ1v) is 10.7. The highest BCUT2D eigenvalue weighted by Crippen LogP contribution is 2.46. The number of nitrogens with one attached hydrogen (secondary N) is 3. The average molecular weight is 471 g/mol. The molecule has 0 radical (unpaired) electrons. The maximum Gasteiger partial charge on any atom is 0.319 e. The predicted octanol–water partition coefficient (Wildman–Crippen LogP) is 5.35. The van der Waals surface area contributed by atoms with Crippen molar-refractivity contribution in [2.45, 2.75) is 18.4 Å². The quantitative estimate of drug-likeness (QED) is 0.452. The molecular formula is C23H20Cl2N4O3. The summed E-state index contributed by atoms with van der Waals surface area (Å²) >= 11 is 12.2. The van der Waals surface area contributed by atoms with Gasteiger partial charge in [-0.1, -0.05) is 41.4 Å². The number of rotatable bonds is 6. The Bertz CT molecular complexity index is 1160. The zero-order valence-corrected chi connectivity index (χ0v) is 18.6. The normalized spacial score (nSPS) is 13.7. The van der Waals surface area contributed by atoms with E-state index in [0.717, 1.165) is 18.4 Å². The molecule has 3 N–H and O–H groups in total. The van der Waals surface area contributed by atoms with Crippen LogP contribution in [0.5, 0.6) is 11.5 Å². The number of amides is 3. The summed E-state index contributed by atoms with van der Waals surface area (Å²) in [5, 5.41) is 8.98. The molecule has 0 spiro atoms. The number of hydrogen-bond acceptors (Lipinski definition) is 4. The van der Waals surface area contributed by atoms with E-state index in [0.29, 0.717) is 27.2 Å². The first kappa shape index (κ1) is 21.9. The van der Waals surface area contributed by atoms with Gasteiger partial charge in [-0.3, -0.25) is 9.78 Å². The predicted molar refractivity (Wildman–Crippen MR) is 124 cm³/mol. The summed E-state index contributed by atoms with van der Waals surface area (Å²) in [7, 11) is 1.54. The number of ether oxygens (including phenoxy) is 1. The number of pyridine rings is 1. The molecule has 3 aromatic rings. The minimum Gasteiger partial charge on any atom is -0.457 e. The van der Waals surface area contributed by atoms with Crippen LogP contribution in [-0.2, 0) is 5.54 Å². The van der Waals surface area contributed by atoms with E-state index in [4.69, 9.17) is 27.9 Å². The van der Waals surface area contributed by atoms with Crippen LogP contribution >= 0.6 is 23.2 Å². The first-order valence-electron chi connectivity index (χ1n) is 9.90. The molecule has 0 bridgehead atoms. The van der Waals surface area contributed by atoms with Gasteiger partial charge in [0, 0.05) is 19.3 Å². The molecular weight excluding hydrogens is 451 g/mol. The lowest BCUT2D eigenvalue weighted by molar-refractivity contribution is 0.0958. The zero-order chi connectivity index (χ0) is 22.7. The van der Waals surface area contributed by atoms with E-state index in [9.17, 15) is 9.59 Å². The number of urea groups is 1.